The summed E-state index contributed by atoms with van der Waals surface area (Å²) >= 11 is 0. The second-order valence-electron chi connectivity index (χ2n) is 5.33. The summed E-state index contributed by atoms with van der Waals surface area (Å²) in [7, 11) is 0. The van der Waals surface area contributed by atoms with Crippen LogP contribution in [-0.4, -0.2) is 9.55 Å². The quantitative estimate of drug-likeness (QED) is 0.900. The molecule has 0 aliphatic carbocycles. The van der Waals surface area contributed by atoms with Gasteiger partial charge in [-0.2, -0.15) is 0 Å². The largest absolute Gasteiger partial charge is 0.321 e. The number of aromatic nitrogens is 2. The minimum atomic E-state index is -0.395. The van der Waals surface area contributed by atoms with Crippen LogP contribution in [0.5, 0.6) is 0 Å². The van der Waals surface area contributed by atoms with Crippen molar-refractivity contribution in [1.82, 2.24) is 9.55 Å². The molecule has 0 aliphatic heterocycles. The first-order valence-corrected chi connectivity index (χ1v) is 6.35. The first-order chi connectivity index (χ1) is 8.43. The maximum Gasteiger partial charge on any atom is 0.0994 e. The van der Waals surface area contributed by atoms with E-state index in [9.17, 15) is 0 Å². The third-order valence-electron chi connectivity index (χ3n) is 3.28. The van der Waals surface area contributed by atoms with Crippen LogP contribution < -0.4 is 5.73 Å². The molecule has 0 atom stereocenters. The smallest absolute Gasteiger partial charge is 0.0994 e. The Morgan fingerprint density at radius 2 is 2.06 bits per heavy atom. The Morgan fingerprint density at radius 1 is 1.33 bits per heavy atom. The zero-order chi connectivity index (χ0) is 13.3. The van der Waals surface area contributed by atoms with Crippen LogP contribution in [0.15, 0.2) is 30.7 Å². The molecule has 0 bridgehead atoms. The average molecular weight is 243 g/mol. The topological polar surface area (TPSA) is 43.8 Å². The van der Waals surface area contributed by atoms with Crippen molar-refractivity contribution in [3.8, 4) is 5.69 Å². The highest BCUT2D eigenvalue weighted by molar-refractivity contribution is 5.42. The molecule has 1 aromatic carbocycles. The number of aryl methyl sites for hydroxylation is 2. The lowest BCUT2D eigenvalue weighted by atomic mass is 10.0. The standard InChI is InChI=1S/C15H21N3/c1-5-12-6-7-13(8-11(12)2)18-10-17-9-14(18)15(3,4)16/h6-10H,5,16H2,1-4H3. The molecule has 2 N–H and O–H groups in total. The molecule has 0 aliphatic rings. The highest BCUT2D eigenvalue weighted by Gasteiger charge is 2.19. The van der Waals surface area contributed by atoms with Gasteiger partial charge in [-0.05, 0) is 50.5 Å². The molecular weight excluding hydrogens is 222 g/mol. The zero-order valence-corrected chi connectivity index (χ0v) is 11.6. The normalized spacial score (nSPS) is 11.8. The van der Waals surface area contributed by atoms with E-state index in [1.54, 1.807) is 0 Å². The number of nitrogens with two attached hydrogens (primary N) is 1. The number of nitrogens with zero attached hydrogens (tertiary/aromatic N) is 2. The SMILES string of the molecule is CCc1ccc(-n2cncc2C(C)(C)N)cc1C. The Balaban J connectivity index is 2.50. The fourth-order valence-corrected chi connectivity index (χ4v) is 2.20. The minimum Gasteiger partial charge on any atom is -0.321 e. The van der Waals surface area contributed by atoms with Crippen LogP contribution in [0.2, 0.25) is 0 Å². The van der Waals surface area contributed by atoms with Crippen LogP contribution in [0.3, 0.4) is 0 Å². The van der Waals surface area contributed by atoms with Gasteiger partial charge in [0.1, 0.15) is 0 Å². The van der Waals surface area contributed by atoms with Crippen molar-refractivity contribution in [2.75, 3.05) is 0 Å². The Bertz CT molecular complexity index is 547. The zero-order valence-electron chi connectivity index (χ0n) is 11.6. The number of imidazole rings is 1. The Morgan fingerprint density at radius 3 is 2.61 bits per heavy atom. The van der Waals surface area contributed by atoms with Crippen LogP contribution in [0.1, 0.15) is 37.6 Å². The molecule has 0 spiro atoms. The first kappa shape index (κ1) is 12.8. The highest BCUT2D eigenvalue weighted by atomic mass is 15.1. The van der Waals surface area contributed by atoms with Gasteiger partial charge in [0.15, 0.2) is 0 Å². The van der Waals surface area contributed by atoms with Crippen molar-refractivity contribution in [3.63, 3.8) is 0 Å². The summed E-state index contributed by atoms with van der Waals surface area (Å²) in [5.41, 5.74) is 10.6. The lowest BCUT2D eigenvalue weighted by molar-refractivity contribution is 0.524. The van der Waals surface area contributed by atoms with E-state index >= 15 is 0 Å². The third-order valence-corrected chi connectivity index (χ3v) is 3.28. The predicted molar refractivity (Wildman–Crippen MR) is 74.9 cm³/mol. The summed E-state index contributed by atoms with van der Waals surface area (Å²) < 4.78 is 2.06. The summed E-state index contributed by atoms with van der Waals surface area (Å²) in [6.07, 6.45) is 4.72. The molecule has 3 nitrogen and oxygen atoms in total. The second-order valence-corrected chi connectivity index (χ2v) is 5.33. The highest BCUT2D eigenvalue weighted by Crippen LogP contribution is 2.22. The van der Waals surface area contributed by atoms with Crippen molar-refractivity contribution in [3.05, 3.63) is 47.5 Å². The molecule has 0 radical (unpaired) electrons. The van der Waals surface area contributed by atoms with Crippen molar-refractivity contribution in [1.29, 1.82) is 0 Å². The van der Waals surface area contributed by atoms with Crippen LogP contribution >= 0.6 is 0 Å². The van der Waals surface area contributed by atoms with Crippen molar-refractivity contribution >= 4 is 0 Å². The van der Waals surface area contributed by atoms with Crippen molar-refractivity contribution < 1.29 is 0 Å². The van der Waals surface area contributed by atoms with E-state index in [4.69, 9.17) is 5.73 Å². The lowest BCUT2D eigenvalue weighted by Crippen LogP contribution is -2.31. The van der Waals surface area contributed by atoms with Gasteiger partial charge in [-0.1, -0.05) is 13.0 Å². The van der Waals surface area contributed by atoms with Gasteiger partial charge in [-0.15, -0.1) is 0 Å². The third kappa shape index (κ3) is 2.31. The van der Waals surface area contributed by atoms with E-state index in [2.05, 4.69) is 41.6 Å². The van der Waals surface area contributed by atoms with E-state index in [0.717, 1.165) is 17.8 Å². The maximum absolute atomic E-state index is 6.17. The molecule has 1 aromatic heterocycles. The molecule has 2 aromatic rings. The second kappa shape index (κ2) is 4.58. The molecular formula is C15H21N3. The average Bonchev–Trinajstić information content (AvgIpc) is 2.77. The van der Waals surface area contributed by atoms with E-state index in [1.807, 2.05) is 26.4 Å². The van der Waals surface area contributed by atoms with Crippen LogP contribution in [-0.2, 0) is 12.0 Å². The Hall–Kier alpha value is -1.61. The molecule has 3 heteroatoms. The molecule has 1 heterocycles. The van der Waals surface area contributed by atoms with E-state index in [1.165, 1.54) is 11.1 Å². The Kier molecular flexibility index (Phi) is 3.26. The van der Waals surface area contributed by atoms with Gasteiger partial charge < -0.3 is 10.3 Å². The number of benzene rings is 1. The monoisotopic (exact) mass is 243 g/mol. The predicted octanol–water partition coefficient (Wildman–Crippen LogP) is 2.94. The maximum atomic E-state index is 6.17. The number of rotatable bonds is 3. The fourth-order valence-electron chi connectivity index (χ4n) is 2.20. The first-order valence-electron chi connectivity index (χ1n) is 6.35. The van der Waals surface area contributed by atoms with Gasteiger partial charge in [-0.3, -0.25) is 0 Å². The fraction of sp³-hybridized carbons (Fsp3) is 0.400. The van der Waals surface area contributed by atoms with Crippen LogP contribution in [0.4, 0.5) is 0 Å². The van der Waals surface area contributed by atoms with Gasteiger partial charge in [0.05, 0.1) is 23.8 Å². The van der Waals surface area contributed by atoms with E-state index in [-0.39, 0.29) is 0 Å². The molecule has 18 heavy (non-hydrogen) atoms. The lowest BCUT2D eigenvalue weighted by Gasteiger charge is -2.21. The van der Waals surface area contributed by atoms with Crippen LogP contribution in [0, 0.1) is 6.92 Å². The molecule has 96 valence electrons. The molecule has 0 fully saturated rings. The molecule has 0 saturated heterocycles. The van der Waals surface area contributed by atoms with Gasteiger partial charge in [0.25, 0.3) is 0 Å². The van der Waals surface area contributed by atoms with Crippen molar-refractivity contribution in [2.45, 2.75) is 39.7 Å². The van der Waals surface area contributed by atoms with E-state index < -0.39 is 5.54 Å². The minimum absolute atomic E-state index is 0.395. The number of hydrogen-bond donors (Lipinski definition) is 1. The van der Waals surface area contributed by atoms with Crippen molar-refractivity contribution in [2.24, 2.45) is 5.73 Å². The summed E-state index contributed by atoms with van der Waals surface area (Å²) in [6.45, 7) is 8.31. The van der Waals surface area contributed by atoms with Gasteiger partial charge >= 0.3 is 0 Å². The van der Waals surface area contributed by atoms with E-state index in [0.29, 0.717) is 0 Å². The molecule has 0 unspecified atom stereocenters. The molecule has 0 amide bonds. The Labute approximate surface area is 109 Å². The van der Waals surface area contributed by atoms with Gasteiger partial charge in [0, 0.05) is 5.69 Å². The molecule has 2 rings (SSSR count). The van der Waals surface area contributed by atoms with Gasteiger partial charge in [-0.25, -0.2) is 4.98 Å². The summed E-state index contributed by atoms with van der Waals surface area (Å²) in [5.74, 6) is 0. The summed E-state index contributed by atoms with van der Waals surface area (Å²) in [6, 6.07) is 6.50. The summed E-state index contributed by atoms with van der Waals surface area (Å²) in [4.78, 5) is 4.22. The van der Waals surface area contributed by atoms with Gasteiger partial charge in [0.2, 0.25) is 0 Å². The number of hydrogen-bond acceptors (Lipinski definition) is 2. The summed E-state index contributed by atoms with van der Waals surface area (Å²) in [5, 5.41) is 0. The molecule has 0 saturated carbocycles. The van der Waals surface area contributed by atoms with Crippen LogP contribution in [0.25, 0.3) is 5.69 Å².